The van der Waals surface area contributed by atoms with Gasteiger partial charge in [-0.1, -0.05) is 35.3 Å². The Kier molecular flexibility index (Phi) is 4.69. The zero-order valence-electron chi connectivity index (χ0n) is 11.2. The average molecular weight is 309 g/mol. The van der Waals surface area contributed by atoms with Crippen LogP contribution in [0, 0.1) is 13.8 Å². The van der Waals surface area contributed by atoms with Crippen molar-refractivity contribution < 1.29 is 9.53 Å². The maximum absolute atomic E-state index is 12.1. The molecule has 0 atom stereocenters. The van der Waals surface area contributed by atoms with Gasteiger partial charge in [0.1, 0.15) is 5.75 Å². The van der Waals surface area contributed by atoms with E-state index < -0.39 is 0 Å². The van der Waals surface area contributed by atoms with E-state index in [0.29, 0.717) is 21.4 Å². The molecule has 0 aliphatic rings. The quantitative estimate of drug-likeness (QED) is 0.753. The summed E-state index contributed by atoms with van der Waals surface area (Å²) >= 11 is 12.0. The van der Waals surface area contributed by atoms with Gasteiger partial charge in [-0.2, -0.15) is 0 Å². The van der Waals surface area contributed by atoms with E-state index in [4.69, 9.17) is 27.9 Å². The minimum atomic E-state index is -0.149. The molecule has 0 spiro atoms. The van der Waals surface area contributed by atoms with Gasteiger partial charge in [0.25, 0.3) is 0 Å². The molecule has 4 heteroatoms. The van der Waals surface area contributed by atoms with Crippen LogP contribution in [0.2, 0.25) is 10.0 Å². The third kappa shape index (κ3) is 3.33. The lowest BCUT2D eigenvalue weighted by Gasteiger charge is -2.12. The summed E-state index contributed by atoms with van der Waals surface area (Å²) in [5, 5.41) is 1.09. The van der Waals surface area contributed by atoms with E-state index in [1.807, 2.05) is 26.0 Å². The van der Waals surface area contributed by atoms with E-state index in [0.717, 1.165) is 11.1 Å². The highest BCUT2D eigenvalue weighted by Gasteiger charge is 2.12. The number of hydrogen-bond donors (Lipinski definition) is 0. The van der Waals surface area contributed by atoms with E-state index in [1.165, 1.54) is 0 Å². The summed E-state index contributed by atoms with van der Waals surface area (Å²) in [6.45, 7) is 3.75. The van der Waals surface area contributed by atoms with Crippen molar-refractivity contribution in [3.05, 3.63) is 63.1 Å². The Morgan fingerprint density at radius 2 is 1.70 bits per heavy atom. The van der Waals surface area contributed by atoms with Gasteiger partial charge < -0.3 is 4.74 Å². The lowest BCUT2D eigenvalue weighted by molar-refractivity contribution is 0.0921. The zero-order valence-corrected chi connectivity index (χ0v) is 12.8. The van der Waals surface area contributed by atoms with E-state index in [2.05, 4.69) is 0 Å². The van der Waals surface area contributed by atoms with Gasteiger partial charge in [0.2, 0.25) is 5.78 Å². The smallest absolute Gasteiger partial charge is 0.201 e. The molecule has 0 aliphatic carbocycles. The number of ketones is 1. The van der Waals surface area contributed by atoms with Gasteiger partial charge in [0.05, 0.1) is 5.02 Å². The first-order valence-electron chi connectivity index (χ1n) is 6.16. The maximum atomic E-state index is 12.1. The third-order valence-corrected chi connectivity index (χ3v) is 3.49. The Morgan fingerprint density at radius 3 is 2.30 bits per heavy atom. The highest BCUT2D eigenvalue weighted by atomic mass is 35.5. The fourth-order valence-electron chi connectivity index (χ4n) is 2.03. The first-order chi connectivity index (χ1) is 9.49. The van der Waals surface area contributed by atoms with Gasteiger partial charge in [-0.05, 0) is 49.2 Å². The predicted molar refractivity (Wildman–Crippen MR) is 82.2 cm³/mol. The van der Waals surface area contributed by atoms with Gasteiger partial charge >= 0.3 is 0 Å². The van der Waals surface area contributed by atoms with Gasteiger partial charge in [-0.3, -0.25) is 4.79 Å². The number of carbonyl (C=O) groups is 1. The van der Waals surface area contributed by atoms with E-state index >= 15 is 0 Å². The van der Waals surface area contributed by atoms with Crippen molar-refractivity contribution in [2.24, 2.45) is 0 Å². The molecular formula is C16H14Cl2O2. The van der Waals surface area contributed by atoms with Crippen molar-refractivity contribution in [3.63, 3.8) is 0 Å². The van der Waals surface area contributed by atoms with Crippen molar-refractivity contribution in [2.45, 2.75) is 13.8 Å². The Hall–Kier alpha value is -1.51. The van der Waals surface area contributed by atoms with Gasteiger partial charge in [-0.25, -0.2) is 0 Å². The number of benzene rings is 2. The van der Waals surface area contributed by atoms with Crippen molar-refractivity contribution in [1.29, 1.82) is 0 Å². The number of hydrogen-bond acceptors (Lipinski definition) is 2. The van der Waals surface area contributed by atoms with E-state index in [-0.39, 0.29) is 12.4 Å². The highest BCUT2D eigenvalue weighted by molar-refractivity contribution is 6.34. The van der Waals surface area contributed by atoms with Gasteiger partial charge in [0.15, 0.2) is 6.61 Å². The molecule has 0 aliphatic heterocycles. The minimum Gasteiger partial charge on any atom is -0.485 e. The number of carbonyl (C=O) groups excluding carboxylic acids is 1. The lowest BCUT2D eigenvalue weighted by atomic mass is 10.1. The van der Waals surface area contributed by atoms with Gasteiger partial charge in [-0.15, -0.1) is 0 Å². The van der Waals surface area contributed by atoms with Gasteiger partial charge in [0, 0.05) is 10.6 Å². The van der Waals surface area contributed by atoms with Crippen LogP contribution in [-0.4, -0.2) is 12.4 Å². The van der Waals surface area contributed by atoms with Crippen LogP contribution in [-0.2, 0) is 0 Å². The maximum Gasteiger partial charge on any atom is 0.201 e. The van der Waals surface area contributed by atoms with Crippen LogP contribution in [0.5, 0.6) is 5.75 Å². The first kappa shape index (κ1) is 14.9. The van der Waals surface area contributed by atoms with Crippen LogP contribution >= 0.6 is 23.2 Å². The monoisotopic (exact) mass is 308 g/mol. The molecule has 0 N–H and O–H groups in total. The largest absolute Gasteiger partial charge is 0.485 e. The summed E-state index contributed by atoms with van der Waals surface area (Å²) in [7, 11) is 0. The summed E-state index contributed by atoms with van der Waals surface area (Å²) in [6.07, 6.45) is 0. The van der Waals surface area contributed by atoms with Crippen molar-refractivity contribution in [1.82, 2.24) is 0 Å². The zero-order chi connectivity index (χ0) is 14.7. The Balaban J connectivity index is 2.14. The van der Waals surface area contributed by atoms with Crippen LogP contribution in [0.3, 0.4) is 0 Å². The van der Waals surface area contributed by atoms with Crippen LogP contribution in [0.15, 0.2) is 36.4 Å². The van der Waals surface area contributed by atoms with Crippen molar-refractivity contribution in [3.8, 4) is 5.75 Å². The minimum absolute atomic E-state index is 0.0486. The summed E-state index contributed by atoms with van der Waals surface area (Å²) in [5.74, 6) is 0.541. The molecule has 0 heterocycles. The molecule has 0 amide bonds. The van der Waals surface area contributed by atoms with Crippen molar-refractivity contribution >= 4 is 29.0 Å². The number of aryl methyl sites for hydroxylation is 2. The molecule has 0 saturated heterocycles. The molecule has 2 nitrogen and oxygen atoms in total. The number of rotatable bonds is 4. The van der Waals surface area contributed by atoms with Crippen LogP contribution < -0.4 is 4.74 Å². The fraction of sp³-hybridized carbons (Fsp3) is 0.188. The highest BCUT2D eigenvalue weighted by Crippen LogP contribution is 2.27. The molecule has 20 heavy (non-hydrogen) atoms. The first-order valence-corrected chi connectivity index (χ1v) is 6.92. The Bertz CT molecular complexity index is 628. The molecule has 0 saturated carbocycles. The number of Topliss-reactive ketones (excluding diaryl/α,β-unsaturated/α-hetero) is 1. The molecule has 0 fully saturated rings. The second kappa shape index (κ2) is 6.29. The molecule has 0 bridgehead atoms. The lowest BCUT2D eigenvalue weighted by Crippen LogP contribution is -2.13. The number of halogens is 2. The molecule has 2 aromatic rings. The van der Waals surface area contributed by atoms with Crippen LogP contribution in [0.4, 0.5) is 0 Å². The standard InChI is InChI=1S/C16H14Cl2O2/c1-10-7-12(17)8-11(2)16(10)20-9-15(19)13-5-3-4-6-14(13)18/h3-8H,9H2,1-2H3. The second-order valence-corrected chi connectivity index (χ2v) is 5.40. The van der Waals surface area contributed by atoms with E-state index in [9.17, 15) is 4.79 Å². The third-order valence-electron chi connectivity index (χ3n) is 2.95. The predicted octanol–water partition coefficient (Wildman–Crippen LogP) is 4.87. The fourth-order valence-corrected chi connectivity index (χ4v) is 2.60. The van der Waals surface area contributed by atoms with Crippen molar-refractivity contribution in [2.75, 3.05) is 6.61 Å². The molecular weight excluding hydrogens is 295 g/mol. The molecule has 0 unspecified atom stereocenters. The summed E-state index contributed by atoms with van der Waals surface area (Å²) in [5.41, 5.74) is 2.28. The Labute approximate surface area is 128 Å². The van der Waals surface area contributed by atoms with Crippen LogP contribution in [0.25, 0.3) is 0 Å². The summed E-state index contributed by atoms with van der Waals surface area (Å²) in [4.78, 5) is 12.1. The number of ether oxygens (including phenoxy) is 1. The molecule has 2 rings (SSSR count). The molecule has 0 aromatic heterocycles. The topological polar surface area (TPSA) is 26.3 Å². The Morgan fingerprint density at radius 1 is 1.10 bits per heavy atom. The summed E-state index contributed by atoms with van der Waals surface area (Å²) in [6, 6.07) is 10.6. The normalized spacial score (nSPS) is 10.4. The average Bonchev–Trinajstić information content (AvgIpc) is 2.37. The van der Waals surface area contributed by atoms with E-state index in [1.54, 1.807) is 24.3 Å². The van der Waals surface area contributed by atoms with Crippen LogP contribution in [0.1, 0.15) is 21.5 Å². The SMILES string of the molecule is Cc1cc(Cl)cc(C)c1OCC(=O)c1ccccc1Cl. The molecule has 104 valence electrons. The molecule has 2 aromatic carbocycles. The summed E-state index contributed by atoms with van der Waals surface area (Å²) < 4.78 is 5.63. The molecule has 0 radical (unpaired) electrons. The second-order valence-electron chi connectivity index (χ2n) is 4.56.